The molecule has 0 aromatic heterocycles. The van der Waals surface area contributed by atoms with Crippen LogP contribution in [0.15, 0.2) is 102 Å². The Morgan fingerprint density at radius 3 is 1.36 bits per heavy atom. The molecule has 3 aliphatic carbocycles. The SMILES string of the molecule is C[Si](C)(C)C1=C([C@@H]2[C@@H](c3ccccc3)[C@H]2[Si](C)(C)C)[C@@]1(c1ccccc1)[C@@H]1[C@@H](c2ccccc2)[C@H]1[Si](C)(C)C. The third-order valence-corrected chi connectivity index (χ3v) is 17.8. The number of benzene rings is 3. The third-order valence-electron chi connectivity index (χ3n) is 10.2. The van der Waals surface area contributed by atoms with Crippen LogP contribution in [-0.2, 0) is 5.41 Å². The van der Waals surface area contributed by atoms with Crippen LogP contribution in [0.1, 0.15) is 28.5 Å². The molecule has 0 nitrogen and oxygen atoms in total. The van der Waals surface area contributed by atoms with Gasteiger partial charge in [-0.15, -0.1) is 0 Å². The summed E-state index contributed by atoms with van der Waals surface area (Å²) in [6, 6.07) is 35.0. The number of allylic oxidation sites excluding steroid dienone is 2. The molecule has 0 heterocycles. The fourth-order valence-corrected chi connectivity index (χ4v) is 17.6. The van der Waals surface area contributed by atoms with Crippen molar-refractivity contribution in [3.05, 3.63) is 118 Å². The van der Waals surface area contributed by atoms with Gasteiger partial charge in [-0.1, -0.05) is 161 Å². The lowest BCUT2D eigenvalue weighted by atomic mass is 9.82. The predicted molar refractivity (Wildman–Crippen MR) is 178 cm³/mol. The van der Waals surface area contributed by atoms with Gasteiger partial charge in [-0.2, -0.15) is 0 Å². The predicted octanol–water partition coefficient (Wildman–Crippen LogP) is 10.4. The smallest absolute Gasteiger partial charge is 0.0693 e. The summed E-state index contributed by atoms with van der Waals surface area (Å²) >= 11 is 0. The van der Waals surface area contributed by atoms with Crippen LogP contribution < -0.4 is 0 Å². The van der Waals surface area contributed by atoms with Gasteiger partial charge < -0.3 is 0 Å². The normalized spacial score (nSPS) is 32.2. The summed E-state index contributed by atoms with van der Waals surface area (Å²) in [6.07, 6.45) is 0. The van der Waals surface area contributed by atoms with Crippen molar-refractivity contribution >= 4 is 24.2 Å². The molecule has 7 atom stereocenters. The van der Waals surface area contributed by atoms with Crippen LogP contribution in [-0.4, -0.2) is 24.2 Å². The molecule has 0 radical (unpaired) electrons. The van der Waals surface area contributed by atoms with E-state index in [1.165, 1.54) is 0 Å². The van der Waals surface area contributed by atoms with Crippen LogP contribution in [0.25, 0.3) is 0 Å². The van der Waals surface area contributed by atoms with Gasteiger partial charge in [0.1, 0.15) is 0 Å². The molecular formula is C36H48Si3. The lowest BCUT2D eigenvalue weighted by Crippen LogP contribution is -2.31. The van der Waals surface area contributed by atoms with Gasteiger partial charge in [0.05, 0.1) is 8.07 Å². The van der Waals surface area contributed by atoms with Gasteiger partial charge in [-0.05, 0) is 51.4 Å². The second-order valence-electron chi connectivity index (χ2n) is 15.9. The lowest BCUT2D eigenvalue weighted by molar-refractivity contribution is 0.584. The molecule has 2 fully saturated rings. The number of hydrogen-bond acceptors (Lipinski definition) is 0. The molecule has 0 amide bonds. The van der Waals surface area contributed by atoms with Crippen LogP contribution in [0.3, 0.4) is 0 Å². The van der Waals surface area contributed by atoms with Crippen molar-refractivity contribution in [2.75, 3.05) is 0 Å². The van der Waals surface area contributed by atoms with Crippen molar-refractivity contribution in [2.24, 2.45) is 11.8 Å². The second kappa shape index (κ2) is 9.03. The molecule has 39 heavy (non-hydrogen) atoms. The second-order valence-corrected chi connectivity index (χ2v) is 31.7. The fraction of sp³-hybridized carbons (Fsp3) is 0.444. The summed E-state index contributed by atoms with van der Waals surface area (Å²) < 4.78 is 0. The monoisotopic (exact) mass is 564 g/mol. The standard InChI is InChI=1S/C36H48Si3/c1-37(2,3)33-28(25-19-13-10-14-20-25)30(33)32-35(39(7,8)9)36(32,27-23-17-12-18-24-27)31-29(34(31)38(4,5)6)26-21-15-11-16-22-26/h10-24,28-31,33-34H,1-9H3/t28-,29-,30+,31-,33-,34-,36-/m1/s1. The van der Waals surface area contributed by atoms with Crippen LogP contribution in [0.2, 0.25) is 70.0 Å². The molecule has 0 spiro atoms. The maximum atomic E-state index is 2.64. The Balaban J connectivity index is 1.55. The van der Waals surface area contributed by atoms with Crippen molar-refractivity contribution in [2.45, 2.75) is 87.3 Å². The molecule has 0 aliphatic heterocycles. The molecule has 6 rings (SSSR count). The minimum Gasteiger partial charge on any atom is -0.0693 e. The Labute approximate surface area is 241 Å². The van der Waals surface area contributed by atoms with Crippen molar-refractivity contribution < 1.29 is 0 Å². The first-order valence-corrected chi connectivity index (χ1v) is 25.9. The summed E-state index contributed by atoms with van der Waals surface area (Å²) in [5.74, 6) is 2.82. The molecule has 0 saturated heterocycles. The van der Waals surface area contributed by atoms with Gasteiger partial charge in [0, 0.05) is 21.6 Å². The zero-order valence-electron chi connectivity index (χ0n) is 25.6. The average molecular weight is 565 g/mol. The maximum absolute atomic E-state index is 2.64. The molecule has 3 aromatic rings. The topological polar surface area (TPSA) is 0 Å². The Morgan fingerprint density at radius 1 is 0.487 bits per heavy atom. The van der Waals surface area contributed by atoms with Crippen molar-refractivity contribution in [1.82, 2.24) is 0 Å². The highest BCUT2D eigenvalue weighted by Gasteiger charge is 2.78. The Hall–Kier alpha value is -1.95. The third kappa shape index (κ3) is 4.35. The summed E-state index contributed by atoms with van der Waals surface area (Å²) in [6.45, 7) is 23.7. The molecule has 3 aromatic carbocycles. The van der Waals surface area contributed by atoms with E-state index in [-0.39, 0.29) is 5.41 Å². The molecule has 2 saturated carbocycles. The largest absolute Gasteiger partial charge is 0.0740 e. The van der Waals surface area contributed by atoms with Crippen molar-refractivity contribution in [1.29, 1.82) is 0 Å². The maximum Gasteiger partial charge on any atom is 0.0740 e. The van der Waals surface area contributed by atoms with Gasteiger partial charge in [-0.25, -0.2) is 0 Å². The van der Waals surface area contributed by atoms with Crippen LogP contribution in [0, 0.1) is 11.8 Å². The number of hydrogen-bond donors (Lipinski definition) is 0. The van der Waals surface area contributed by atoms with Gasteiger partial charge in [0.15, 0.2) is 0 Å². The molecule has 3 heteroatoms. The van der Waals surface area contributed by atoms with Gasteiger partial charge >= 0.3 is 0 Å². The fourth-order valence-electron chi connectivity index (χ4n) is 9.13. The molecular weight excluding hydrogens is 517 g/mol. The highest BCUT2D eigenvalue weighted by molar-refractivity contribution is 6.85. The van der Waals surface area contributed by atoms with E-state index in [9.17, 15) is 0 Å². The molecule has 204 valence electrons. The molecule has 0 bridgehead atoms. The van der Waals surface area contributed by atoms with Gasteiger partial charge in [0.25, 0.3) is 0 Å². The zero-order valence-corrected chi connectivity index (χ0v) is 28.6. The van der Waals surface area contributed by atoms with Crippen LogP contribution in [0.4, 0.5) is 0 Å². The number of rotatable bonds is 8. The van der Waals surface area contributed by atoms with E-state index in [1.807, 2.05) is 10.8 Å². The van der Waals surface area contributed by atoms with E-state index in [4.69, 9.17) is 0 Å². The van der Waals surface area contributed by atoms with Crippen molar-refractivity contribution in [3.63, 3.8) is 0 Å². The first-order chi connectivity index (χ1) is 18.3. The zero-order chi connectivity index (χ0) is 28.0. The minimum absolute atomic E-state index is 0.170. The Morgan fingerprint density at radius 2 is 0.923 bits per heavy atom. The summed E-state index contributed by atoms with van der Waals surface area (Å²) in [4.78, 5) is 0. The first kappa shape index (κ1) is 27.2. The van der Waals surface area contributed by atoms with E-state index in [2.05, 4.69) is 150 Å². The Bertz CT molecular complexity index is 1370. The van der Waals surface area contributed by atoms with E-state index < -0.39 is 24.2 Å². The van der Waals surface area contributed by atoms with Gasteiger partial charge in [0.2, 0.25) is 0 Å². The molecule has 0 unspecified atom stereocenters. The van der Waals surface area contributed by atoms with Crippen LogP contribution >= 0.6 is 0 Å². The molecule has 0 N–H and O–H groups in total. The lowest BCUT2D eigenvalue weighted by Gasteiger charge is -2.29. The average Bonchev–Trinajstić information content (AvgIpc) is 3.77. The van der Waals surface area contributed by atoms with Gasteiger partial charge in [-0.3, -0.25) is 0 Å². The van der Waals surface area contributed by atoms with Crippen molar-refractivity contribution in [3.8, 4) is 0 Å². The van der Waals surface area contributed by atoms with E-state index in [1.54, 1.807) is 16.7 Å². The molecule has 3 aliphatic rings. The Kier molecular flexibility index (Phi) is 6.30. The highest BCUT2D eigenvalue weighted by Crippen LogP contribution is 2.84. The van der Waals surface area contributed by atoms with E-state index >= 15 is 0 Å². The summed E-state index contributed by atoms with van der Waals surface area (Å²) in [5.41, 5.74) is 8.53. The summed E-state index contributed by atoms with van der Waals surface area (Å²) in [7, 11) is -4.35. The quantitative estimate of drug-likeness (QED) is 0.239. The van der Waals surface area contributed by atoms with E-state index in [0.717, 1.165) is 17.0 Å². The highest BCUT2D eigenvalue weighted by atomic mass is 28.3. The van der Waals surface area contributed by atoms with E-state index in [0.29, 0.717) is 17.8 Å². The minimum atomic E-state index is -1.58. The van der Waals surface area contributed by atoms with Crippen LogP contribution in [0.5, 0.6) is 0 Å². The summed E-state index contributed by atoms with van der Waals surface area (Å²) in [5, 5.41) is 1.93. The first-order valence-electron chi connectivity index (χ1n) is 15.2.